The van der Waals surface area contributed by atoms with Crippen LogP contribution in [0.1, 0.15) is 44.1 Å². The van der Waals surface area contributed by atoms with Crippen molar-refractivity contribution < 1.29 is 45.8 Å². The summed E-state index contributed by atoms with van der Waals surface area (Å²) in [7, 11) is 1.68. The second-order valence-corrected chi connectivity index (χ2v) is 5.02. The molecule has 0 N–H and O–H groups in total. The van der Waals surface area contributed by atoms with Gasteiger partial charge in [0.2, 0.25) is 0 Å². The monoisotopic (exact) mass is 369 g/mol. The molecule has 1 unspecified atom stereocenters. The number of epoxide rings is 1. The molecule has 1 aromatic heterocycles. The van der Waals surface area contributed by atoms with Crippen LogP contribution in [-0.4, -0.2) is 43.9 Å². The molecule has 1 atom stereocenters. The molecule has 6 nitrogen and oxygen atoms in total. The van der Waals surface area contributed by atoms with Gasteiger partial charge in [0, 0.05) is 6.42 Å². The van der Waals surface area contributed by atoms with E-state index in [2.05, 4.69) is 14.5 Å². The van der Waals surface area contributed by atoms with Gasteiger partial charge in [0.15, 0.2) is 5.69 Å². The van der Waals surface area contributed by atoms with Gasteiger partial charge in [-0.1, -0.05) is 0 Å². The number of hydrogen-bond donors (Lipinski definition) is 0. The zero-order valence-corrected chi connectivity index (χ0v) is 12.9. The van der Waals surface area contributed by atoms with E-state index in [4.69, 9.17) is 4.74 Å². The fraction of sp³-hybridized carbons (Fsp3) is 0.500. The van der Waals surface area contributed by atoms with Crippen LogP contribution < -0.4 is 0 Å². The van der Waals surface area contributed by atoms with E-state index in [0.717, 1.165) is 14.2 Å². The summed E-state index contributed by atoms with van der Waals surface area (Å²) < 4.78 is 79.9. The number of alkyl halides is 5. The lowest BCUT2D eigenvalue weighted by Crippen LogP contribution is -2.25. The number of halogens is 5. The fourth-order valence-electron chi connectivity index (χ4n) is 2.29. The third-order valence-corrected chi connectivity index (χ3v) is 3.42. The third-order valence-electron chi connectivity index (χ3n) is 3.42. The molecule has 0 saturated carbocycles. The van der Waals surface area contributed by atoms with Crippen molar-refractivity contribution >= 4 is 11.9 Å². The number of carbonyl (C=O) groups is 2. The van der Waals surface area contributed by atoms with Crippen LogP contribution >= 0.6 is 0 Å². The Labute approximate surface area is 137 Å². The molecule has 138 valence electrons. The summed E-state index contributed by atoms with van der Waals surface area (Å²) in [6, 6.07) is 0. The Bertz CT molecular complexity index is 700. The highest BCUT2D eigenvalue weighted by molar-refractivity contribution is 5.99. The average Bonchev–Trinajstić information content (AvgIpc) is 3.35. The molecule has 0 amide bonds. The summed E-state index contributed by atoms with van der Waals surface area (Å²) in [6.45, 7) is 0.148. The maximum absolute atomic E-state index is 13.3. The summed E-state index contributed by atoms with van der Waals surface area (Å²) >= 11 is 0. The molecular weight excluding hydrogens is 357 g/mol. The van der Waals surface area contributed by atoms with Crippen LogP contribution in [0.3, 0.4) is 0 Å². The van der Waals surface area contributed by atoms with Crippen LogP contribution in [0.5, 0.6) is 0 Å². The Morgan fingerprint density at radius 2 is 1.72 bits per heavy atom. The number of esters is 2. The molecule has 2 rings (SSSR count). The van der Waals surface area contributed by atoms with E-state index in [9.17, 15) is 31.5 Å². The van der Waals surface area contributed by atoms with Crippen LogP contribution in [0, 0.1) is 0 Å². The predicted molar refractivity (Wildman–Crippen MR) is 70.3 cm³/mol. The summed E-state index contributed by atoms with van der Waals surface area (Å²) in [4.78, 5) is 26.7. The Kier molecular flexibility index (Phi) is 5.26. The van der Waals surface area contributed by atoms with Crippen LogP contribution in [0.15, 0.2) is 0 Å². The van der Waals surface area contributed by atoms with Crippen molar-refractivity contribution in [3.05, 3.63) is 28.1 Å². The Hall–Kier alpha value is -2.30. The zero-order valence-electron chi connectivity index (χ0n) is 12.9. The van der Waals surface area contributed by atoms with Crippen LogP contribution in [-0.2, 0) is 26.8 Å². The molecule has 1 aliphatic rings. The minimum atomic E-state index is -5.22. The number of rotatable bonds is 5. The topological polar surface area (TPSA) is 78.0 Å². The Balaban J connectivity index is 2.89. The molecule has 25 heavy (non-hydrogen) atoms. The largest absolute Gasteiger partial charge is 0.465 e. The van der Waals surface area contributed by atoms with Gasteiger partial charge >= 0.3 is 18.1 Å². The molecule has 0 spiro atoms. The van der Waals surface area contributed by atoms with Gasteiger partial charge < -0.3 is 14.2 Å². The molecule has 11 heteroatoms. The first-order valence-corrected chi connectivity index (χ1v) is 6.82. The maximum Gasteiger partial charge on any atom is 0.434 e. The third kappa shape index (κ3) is 3.86. The number of pyridine rings is 1. The van der Waals surface area contributed by atoms with E-state index in [-0.39, 0.29) is 13.0 Å². The second kappa shape index (κ2) is 6.90. The number of nitrogens with zero attached hydrogens (tertiary/aromatic N) is 1. The summed E-state index contributed by atoms with van der Waals surface area (Å²) in [5.74, 6) is -2.79. The van der Waals surface area contributed by atoms with Crippen molar-refractivity contribution in [3.63, 3.8) is 0 Å². The molecule has 0 bridgehead atoms. The van der Waals surface area contributed by atoms with Crippen molar-refractivity contribution in [1.82, 2.24) is 4.98 Å². The normalized spacial score (nSPS) is 16.7. The number of methoxy groups -OCH3 is 2. The van der Waals surface area contributed by atoms with Gasteiger partial charge in [0.1, 0.15) is 5.69 Å². The van der Waals surface area contributed by atoms with Gasteiger partial charge in [0.05, 0.1) is 38.1 Å². The predicted octanol–water partition coefficient (Wildman–Crippen LogP) is 2.55. The van der Waals surface area contributed by atoms with Crippen molar-refractivity contribution in [2.75, 3.05) is 20.8 Å². The van der Waals surface area contributed by atoms with Crippen LogP contribution in [0.25, 0.3) is 0 Å². The minimum absolute atomic E-state index is 0.148. The number of carbonyl (C=O) groups excluding carboxylic acids is 2. The average molecular weight is 369 g/mol. The first kappa shape index (κ1) is 19.0. The number of aromatic nitrogens is 1. The molecule has 1 aromatic rings. The quantitative estimate of drug-likeness (QED) is 0.451. The van der Waals surface area contributed by atoms with E-state index in [1.54, 1.807) is 0 Å². The zero-order chi connectivity index (χ0) is 18.9. The van der Waals surface area contributed by atoms with E-state index in [1.807, 2.05) is 0 Å². The summed E-state index contributed by atoms with van der Waals surface area (Å²) in [5, 5.41) is 0. The van der Waals surface area contributed by atoms with Crippen LogP contribution in [0.2, 0.25) is 0 Å². The summed E-state index contributed by atoms with van der Waals surface area (Å²) in [5.41, 5.74) is -5.84. The molecule has 2 heterocycles. The second-order valence-electron chi connectivity index (χ2n) is 5.02. The number of ether oxygens (including phenoxy) is 3. The van der Waals surface area contributed by atoms with Gasteiger partial charge in [-0.3, -0.25) is 0 Å². The van der Waals surface area contributed by atoms with E-state index < -0.39 is 58.7 Å². The SMILES string of the molecule is COC(=O)c1c(C(F)F)nc(C(F)(F)F)c(C(=O)OC)c1CC1CO1. The first-order valence-electron chi connectivity index (χ1n) is 6.82. The van der Waals surface area contributed by atoms with Gasteiger partial charge in [-0.25, -0.2) is 23.4 Å². The number of hydrogen-bond acceptors (Lipinski definition) is 6. The molecule has 0 aliphatic carbocycles. The Morgan fingerprint density at radius 1 is 1.20 bits per heavy atom. The minimum Gasteiger partial charge on any atom is -0.465 e. The highest BCUT2D eigenvalue weighted by Crippen LogP contribution is 2.38. The molecule has 0 aromatic carbocycles. The van der Waals surface area contributed by atoms with E-state index in [1.165, 1.54) is 0 Å². The van der Waals surface area contributed by atoms with Gasteiger partial charge in [-0.15, -0.1) is 0 Å². The summed E-state index contributed by atoms with van der Waals surface area (Å²) in [6.07, 6.45) is -9.71. The van der Waals surface area contributed by atoms with Crippen molar-refractivity contribution in [3.8, 4) is 0 Å². The van der Waals surface area contributed by atoms with Gasteiger partial charge in [0.25, 0.3) is 6.43 Å². The van der Waals surface area contributed by atoms with Crippen molar-refractivity contribution in [2.24, 2.45) is 0 Å². The van der Waals surface area contributed by atoms with Gasteiger partial charge in [-0.2, -0.15) is 13.2 Å². The standard InChI is InChI=1S/C14H12F5NO5/c1-23-12(21)7-6(3-5-4-25-5)8(13(22)24-2)10(14(17,18)19)20-9(7)11(15)16/h5,11H,3-4H2,1-2H3. The van der Waals surface area contributed by atoms with E-state index >= 15 is 0 Å². The van der Waals surface area contributed by atoms with Crippen molar-refractivity contribution in [2.45, 2.75) is 25.1 Å². The highest BCUT2D eigenvalue weighted by Gasteiger charge is 2.44. The molecular formula is C14H12F5NO5. The fourth-order valence-corrected chi connectivity index (χ4v) is 2.29. The molecule has 1 fully saturated rings. The lowest BCUT2D eigenvalue weighted by molar-refractivity contribution is -0.142. The Morgan fingerprint density at radius 3 is 2.12 bits per heavy atom. The smallest absolute Gasteiger partial charge is 0.434 e. The maximum atomic E-state index is 13.3. The molecule has 1 aliphatic heterocycles. The lowest BCUT2D eigenvalue weighted by Gasteiger charge is -2.19. The highest BCUT2D eigenvalue weighted by atomic mass is 19.4. The van der Waals surface area contributed by atoms with Crippen LogP contribution in [0.4, 0.5) is 22.0 Å². The first-order chi connectivity index (χ1) is 11.6. The van der Waals surface area contributed by atoms with E-state index in [0.29, 0.717) is 0 Å². The lowest BCUT2D eigenvalue weighted by atomic mass is 9.94. The van der Waals surface area contributed by atoms with Gasteiger partial charge in [-0.05, 0) is 5.56 Å². The molecule has 1 saturated heterocycles. The molecule has 0 radical (unpaired) electrons. The van der Waals surface area contributed by atoms with Crippen molar-refractivity contribution in [1.29, 1.82) is 0 Å².